The number of β-lactam (4-membered cyclic amide) rings is 1. The number of nitrogens with two attached hydrogens (primary N) is 1. The second-order valence-corrected chi connectivity index (χ2v) is 14.9. The topological polar surface area (TPSA) is 102 Å². The molecule has 1 aromatic rings. The molecule has 1 aromatic carbocycles. The summed E-state index contributed by atoms with van der Waals surface area (Å²) in [6.45, 7) is 9.65. The van der Waals surface area contributed by atoms with Crippen molar-refractivity contribution in [2.45, 2.75) is 61.7 Å². The zero-order chi connectivity index (χ0) is 20.9. The molecule has 2 fully saturated rings. The highest BCUT2D eigenvalue weighted by atomic mass is 32.2. The van der Waals surface area contributed by atoms with Crippen molar-refractivity contribution in [2.24, 2.45) is 5.73 Å². The predicted molar refractivity (Wildman–Crippen MR) is 111 cm³/mol. The number of rotatable bonds is 5. The minimum absolute atomic E-state index is 0.269. The van der Waals surface area contributed by atoms with Gasteiger partial charge in [0.05, 0.1) is 0 Å². The molecule has 152 valence electrons. The van der Waals surface area contributed by atoms with E-state index in [1.54, 1.807) is 17.0 Å². The molecule has 2 amide bonds. The van der Waals surface area contributed by atoms with Crippen molar-refractivity contribution in [3.8, 4) is 0 Å². The summed E-state index contributed by atoms with van der Waals surface area (Å²) in [4.78, 5) is 39.6. The van der Waals surface area contributed by atoms with Gasteiger partial charge >= 0.3 is 5.97 Å². The van der Waals surface area contributed by atoms with Crippen molar-refractivity contribution in [3.63, 3.8) is 0 Å². The first-order chi connectivity index (χ1) is 12.9. The highest BCUT2D eigenvalue weighted by molar-refractivity contribution is 8.01. The Morgan fingerprint density at radius 1 is 1.25 bits per heavy atom. The van der Waals surface area contributed by atoms with Crippen LogP contribution in [0, 0.1) is 0 Å². The lowest BCUT2D eigenvalue weighted by molar-refractivity contribution is -0.160. The zero-order valence-electron chi connectivity index (χ0n) is 16.8. The van der Waals surface area contributed by atoms with Gasteiger partial charge in [-0.3, -0.25) is 14.4 Å². The third-order valence-electron chi connectivity index (χ3n) is 4.81. The van der Waals surface area contributed by atoms with Crippen molar-refractivity contribution in [1.82, 2.24) is 10.2 Å². The van der Waals surface area contributed by atoms with E-state index in [4.69, 9.17) is 10.2 Å². The maximum absolute atomic E-state index is 12.8. The van der Waals surface area contributed by atoms with Crippen LogP contribution in [0.25, 0.3) is 0 Å². The number of amides is 2. The van der Waals surface area contributed by atoms with Gasteiger partial charge in [-0.25, -0.2) is 0 Å². The molecule has 9 heteroatoms. The molecule has 4 atom stereocenters. The summed E-state index contributed by atoms with van der Waals surface area (Å²) in [5.74, 6) is -1.04. The molecule has 0 saturated carbocycles. The van der Waals surface area contributed by atoms with Crippen LogP contribution in [-0.2, 0) is 18.8 Å². The zero-order valence-corrected chi connectivity index (χ0v) is 18.6. The Balaban J connectivity index is 1.71. The molecule has 2 aliphatic rings. The Morgan fingerprint density at radius 2 is 1.86 bits per heavy atom. The highest BCUT2D eigenvalue weighted by Gasteiger charge is 2.64. The van der Waals surface area contributed by atoms with E-state index in [0.29, 0.717) is 5.56 Å². The van der Waals surface area contributed by atoms with Crippen LogP contribution in [0.4, 0.5) is 0 Å². The molecule has 0 aromatic heterocycles. The quantitative estimate of drug-likeness (QED) is 0.553. The van der Waals surface area contributed by atoms with E-state index in [1.807, 2.05) is 51.7 Å². The number of benzene rings is 1. The summed E-state index contributed by atoms with van der Waals surface area (Å²) >= 11 is 1.51. The molecule has 0 bridgehead atoms. The van der Waals surface area contributed by atoms with Crippen LogP contribution >= 0.6 is 11.8 Å². The van der Waals surface area contributed by atoms with Crippen LogP contribution in [0.2, 0.25) is 19.6 Å². The molecular weight excluding hydrogens is 394 g/mol. The first-order valence-electron chi connectivity index (χ1n) is 9.26. The number of nitrogens with zero attached hydrogens (tertiary/aromatic N) is 1. The standard InChI is InChI=1S/C19H27N3O4SSi/c1-19(2)14(18(25)26-28(3,4)5)22-16(24)13(17(22)27-19)21-15(23)12(20)11-9-7-6-8-10-11/h6-10,12-14,17H,20H2,1-5H3,(H,21,23)/t12-,13+,14-,17+/m0/s1. The van der Waals surface area contributed by atoms with Gasteiger partial charge in [0.15, 0.2) is 0 Å². The van der Waals surface area contributed by atoms with E-state index in [1.165, 1.54) is 11.8 Å². The Kier molecular flexibility index (Phi) is 5.37. The maximum atomic E-state index is 12.8. The minimum atomic E-state index is -2.08. The number of hydrogen-bond acceptors (Lipinski definition) is 6. The molecule has 0 unspecified atom stereocenters. The van der Waals surface area contributed by atoms with Gasteiger partial charge in [-0.1, -0.05) is 30.3 Å². The average Bonchev–Trinajstić information content (AvgIpc) is 2.86. The van der Waals surface area contributed by atoms with Crippen molar-refractivity contribution >= 4 is 37.9 Å². The largest absolute Gasteiger partial charge is 0.518 e. The highest BCUT2D eigenvalue weighted by Crippen LogP contribution is 2.51. The van der Waals surface area contributed by atoms with Crippen LogP contribution in [0.1, 0.15) is 25.5 Å². The third kappa shape index (κ3) is 3.83. The Hall–Kier alpha value is -1.84. The van der Waals surface area contributed by atoms with Gasteiger partial charge in [0, 0.05) is 4.75 Å². The fourth-order valence-corrected chi connectivity index (χ4v) is 5.87. The Labute approximate surface area is 170 Å². The molecule has 2 aliphatic heterocycles. The van der Waals surface area contributed by atoms with Crippen molar-refractivity contribution in [2.75, 3.05) is 0 Å². The fourth-order valence-electron chi connectivity index (χ4n) is 3.54. The smallest absolute Gasteiger partial charge is 0.317 e. The minimum Gasteiger partial charge on any atom is -0.518 e. The lowest BCUT2D eigenvalue weighted by Gasteiger charge is -2.44. The SMILES string of the molecule is CC1(C)S[C@@H]2[C@H](NC(=O)[C@@H](N)c3ccccc3)C(=O)N2[C@H]1C(=O)O[Si](C)(C)C. The molecule has 28 heavy (non-hydrogen) atoms. The summed E-state index contributed by atoms with van der Waals surface area (Å²) in [7, 11) is -2.08. The normalized spacial score (nSPS) is 26.9. The average molecular weight is 422 g/mol. The van der Waals surface area contributed by atoms with E-state index in [9.17, 15) is 14.4 Å². The monoisotopic (exact) mass is 421 g/mol. The van der Waals surface area contributed by atoms with Gasteiger partial charge in [0.1, 0.15) is 23.5 Å². The van der Waals surface area contributed by atoms with E-state index in [-0.39, 0.29) is 17.3 Å². The van der Waals surface area contributed by atoms with E-state index in [2.05, 4.69) is 5.32 Å². The van der Waals surface area contributed by atoms with Crippen molar-refractivity contribution in [3.05, 3.63) is 35.9 Å². The van der Waals surface area contributed by atoms with Gasteiger partial charge in [0.2, 0.25) is 20.1 Å². The number of fused-ring (bicyclic) bond motifs is 1. The van der Waals surface area contributed by atoms with Crippen LogP contribution in [0.3, 0.4) is 0 Å². The number of carbonyl (C=O) groups is 3. The first-order valence-corrected chi connectivity index (χ1v) is 13.5. The maximum Gasteiger partial charge on any atom is 0.317 e. The van der Waals surface area contributed by atoms with Gasteiger partial charge in [-0.2, -0.15) is 0 Å². The van der Waals surface area contributed by atoms with Crippen LogP contribution in [0.15, 0.2) is 30.3 Å². The lowest BCUT2D eigenvalue weighted by Crippen LogP contribution is -2.71. The summed E-state index contributed by atoms with van der Waals surface area (Å²) in [6.07, 6.45) is 0. The van der Waals surface area contributed by atoms with Crippen LogP contribution < -0.4 is 11.1 Å². The number of carbonyl (C=O) groups excluding carboxylic acids is 3. The van der Waals surface area contributed by atoms with Crippen molar-refractivity contribution in [1.29, 1.82) is 0 Å². The first kappa shape index (κ1) is 20.9. The van der Waals surface area contributed by atoms with E-state index < -0.39 is 37.1 Å². The van der Waals surface area contributed by atoms with Gasteiger partial charge in [-0.05, 0) is 39.1 Å². The number of hydrogen-bond donors (Lipinski definition) is 2. The van der Waals surface area contributed by atoms with Crippen LogP contribution in [0.5, 0.6) is 0 Å². The summed E-state index contributed by atoms with van der Waals surface area (Å²) in [6, 6.07) is 6.82. The number of thioether (sulfide) groups is 1. The molecule has 3 N–H and O–H groups in total. The summed E-state index contributed by atoms with van der Waals surface area (Å²) in [5.41, 5.74) is 6.71. The molecule has 7 nitrogen and oxygen atoms in total. The molecular formula is C19H27N3O4SSi. The van der Waals surface area contributed by atoms with Crippen molar-refractivity contribution < 1.29 is 18.8 Å². The molecule has 0 spiro atoms. The summed E-state index contributed by atoms with van der Waals surface area (Å²) in [5, 5.41) is 2.46. The number of nitrogens with one attached hydrogen (secondary N) is 1. The summed E-state index contributed by atoms with van der Waals surface area (Å²) < 4.78 is 5.15. The Morgan fingerprint density at radius 3 is 2.43 bits per heavy atom. The van der Waals surface area contributed by atoms with Crippen LogP contribution in [-0.4, -0.2) is 53.2 Å². The molecule has 3 rings (SSSR count). The van der Waals surface area contributed by atoms with Gasteiger partial charge in [0.25, 0.3) is 0 Å². The molecule has 0 aliphatic carbocycles. The third-order valence-corrected chi connectivity index (χ3v) is 7.20. The van der Waals surface area contributed by atoms with E-state index >= 15 is 0 Å². The molecule has 2 saturated heterocycles. The Bertz CT molecular complexity index is 796. The van der Waals surface area contributed by atoms with E-state index in [0.717, 1.165) is 0 Å². The van der Waals surface area contributed by atoms with Gasteiger partial charge in [-0.15, -0.1) is 11.8 Å². The molecule has 0 radical (unpaired) electrons. The second-order valence-electron chi connectivity index (χ2n) is 8.67. The lowest BCUT2D eigenvalue weighted by atomic mass is 9.95. The predicted octanol–water partition coefficient (Wildman–Crippen LogP) is 1.61. The molecule has 2 heterocycles. The van der Waals surface area contributed by atoms with Gasteiger partial charge < -0.3 is 20.4 Å². The second kappa shape index (κ2) is 7.20. The fraction of sp³-hybridized carbons (Fsp3) is 0.526.